The summed E-state index contributed by atoms with van der Waals surface area (Å²) >= 11 is 0. The first-order valence-electron chi connectivity index (χ1n) is 14.0. The topological polar surface area (TPSA) is 87.7 Å². The zero-order chi connectivity index (χ0) is 27.3. The maximum absolute atomic E-state index is 13.7. The molecule has 11 heteroatoms. The highest BCUT2D eigenvalue weighted by Gasteiger charge is 2.40. The molecule has 4 fully saturated rings. The number of aromatic nitrogens is 2. The zero-order valence-electron chi connectivity index (χ0n) is 21.9. The minimum atomic E-state index is -4.42. The number of nitrogens with zero attached hydrogens (tertiary/aromatic N) is 5. The van der Waals surface area contributed by atoms with Gasteiger partial charge in [-0.15, -0.1) is 0 Å². The third kappa shape index (κ3) is 5.13. The van der Waals surface area contributed by atoms with Crippen LogP contribution in [0.4, 0.5) is 18.0 Å². The third-order valence-corrected chi connectivity index (χ3v) is 8.79. The van der Waals surface area contributed by atoms with Gasteiger partial charge in [-0.3, -0.25) is 9.48 Å². The number of likely N-dealkylation sites (tertiary alicyclic amines) is 3. The van der Waals surface area contributed by atoms with Gasteiger partial charge < -0.3 is 20.4 Å². The molecule has 3 aliphatic heterocycles. The molecular weight excluding hydrogens is 509 g/mol. The number of carbonyl (C=O) groups is 2. The molecule has 1 aromatic carbocycles. The standard InChI is InChI=1S/C28H35F3N6O2/c29-28(30,31)24-4-2-1-3-22(24)19-7-11-35(16-19)26(38)23-15-33-37(25(23)18-5-6-18)21-9-13-34(14-10-21)27(39)36-12-8-20(32)17-36/h1-4,15,18-21H,5-14,16-17,32H2/t19?,20-/m0/s1. The van der Waals surface area contributed by atoms with Crippen LogP contribution in [0.25, 0.3) is 0 Å². The second-order valence-electron chi connectivity index (χ2n) is 11.5. The van der Waals surface area contributed by atoms with Gasteiger partial charge in [0.15, 0.2) is 0 Å². The second-order valence-corrected chi connectivity index (χ2v) is 11.5. The van der Waals surface area contributed by atoms with Gasteiger partial charge in [-0.05, 0) is 50.2 Å². The number of hydrogen-bond donors (Lipinski definition) is 1. The minimum absolute atomic E-state index is 0.0517. The fourth-order valence-corrected chi connectivity index (χ4v) is 6.53. The Balaban J connectivity index is 1.14. The first kappa shape index (κ1) is 26.2. The van der Waals surface area contributed by atoms with Crippen molar-refractivity contribution in [3.63, 3.8) is 0 Å². The molecule has 2 atom stereocenters. The van der Waals surface area contributed by atoms with E-state index in [-0.39, 0.29) is 48.0 Å². The first-order valence-corrected chi connectivity index (χ1v) is 14.0. The lowest BCUT2D eigenvalue weighted by molar-refractivity contribution is -0.138. The molecule has 8 nitrogen and oxygen atoms in total. The van der Waals surface area contributed by atoms with Crippen molar-refractivity contribution in [3.8, 4) is 0 Å². The van der Waals surface area contributed by atoms with Crippen molar-refractivity contribution in [2.75, 3.05) is 39.3 Å². The van der Waals surface area contributed by atoms with Crippen molar-refractivity contribution in [1.82, 2.24) is 24.5 Å². The van der Waals surface area contributed by atoms with E-state index in [1.807, 2.05) is 14.5 Å². The Morgan fingerprint density at radius 3 is 2.21 bits per heavy atom. The maximum Gasteiger partial charge on any atom is 0.416 e. The van der Waals surface area contributed by atoms with Crippen LogP contribution in [0.1, 0.15) is 83.6 Å². The van der Waals surface area contributed by atoms with Crippen LogP contribution >= 0.6 is 0 Å². The van der Waals surface area contributed by atoms with Gasteiger partial charge >= 0.3 is 12.2 Å². The van der Waals surface area contributed by atoms with Crippen molar-refractivity contribution < 1.29 is 22.8 Å². The van der Waals surface area contributed by atoms with Crippen LogP contribution in [0.2, 0.25) is 0 Å². The molecule has 4 heterocycles. The average molecular weight is 545 g/mol. The molecule has 210 valence electrons. The summed E-state index contributed by atoms with van der Waals surface area (Å²) in [5.74, 6) is -0.215. The summed E-state index contributed by atoms with van der Waals surface area (Å²) in [7, 11) is 0. The van der Waals surface area contributed by atoms with Crippen LogP contribution in [0.15, 0.2) is 30.5 Å². The van der Waals surface area contributed by atoms with Crippen LogP contribution in [0, 0.1) is 0 Å². The molecular formula is C28H35F3N6O2. The number of amides is 3. The quantitative estimate of drug-likeness (QED) is 0.625. The fourth-order valence-electron chi connectivity index (χ4n) is 6.53. The van der Waals surface area contributed by atoms with Gasteiger partial charge in [-0.25, -0.2) is 4.79 Å². The maximum atomic E-state index is 13.7. The molecule has 4 aliphatic rings. The molecule has 1 unspecified atom stereocenters. The third-order valence-electron chi connectivity index (χ3n) is 8.79. The highest BCUT2D eigenvalue weighted by atomic mass is 19.4. The van der Waals surface area contributed by atoms with E-state index in [9.17, 15) is 22.8 Å². The van der Waals surface area contributed by atoms with Crippen molar-refractivity contribution in [2.24, 2.45) is 5.73 Å². The zero-order valence-corrected chi connectivity index (χ0v) is 21.9. The number of halogens is 3. The number of piperidine rings is 1. The van der Waals surface area contributed by atoms with Gasteiger partial charge in [0.2, 0.25) is 0 Å². The highest BCUT2D eigenvalue weighted by Crippen LogP contribution is 2.44. The van der Waals surface area contributed by atoms with Gasteiger partial charge in [0.05, 0.1) is 29.1 Å². The second kappa shape index (κ2) is 10.1. The van der Waals surface area contributed by atoms with Crippen LogP contribution in [-0.4, -0.2) is 81.7 Å². The Hall–Kier alpha value is -3.08. The van der Waals surface area contributed by atoms with E-state index < -0.39 is 11.7 Å². The van der Waals surface area contributed by atoms with Gasteiger partial charge in [0, 0.05) is 57.1 Å². The lowest BCUT2D eigenvalue weighted by atomic mass is 9.93. The number of hydrogen-bond acceptors (Lipinski definition) is 4. The molecule has 1 aliphatic carbocycles. The monoisotopic (exact) mass is 544 g/mol. The molecule has 0 spiro atoms. The van der Waals surface area contributed by atoms with E-state index in [1.54, 1.807) is 17.2 Å². The highest BCUT2D eigenvalue weighted by molar-refractivity contribution is 5.95. The molecule has 1 saturated carbocycles. The van der Waals surface area contributed by atoms with Crippen LogP contribution in [0.3, 0.4) is 0 Å². The number of rotatable bonds is 4. The molecule has 39 heavy (non-hydrogen) atoms. The summed E-state index contributed by atoms with van der Waals surface area (Å²) in [4.78, 5) is 31.9. The molecule has 6 rings (SSSR count). The Kier molecular flexibility index (Phi) is 6.81. The van der Waals surface area contributed by atoms with E-state index in [0.717, 1.165) is 43.9 Å². The summed E-state index contributed by atoms with van der Waals surface area (Å²) in [5, 5.41) is 4.66. The largest absolute Gasteiger partial charge is 0.416 e. The van der Waals surface area contributed by atoms with Crippen LogP contribution in [0.5, 0.6) is 0 Å². The SMILES string of the molecule is N[C@H]1CCN(C(=O)N2CCC(n3ncc(C(=O)N4CCC(c5ccccc5C(F)(F)F)C4)c3C3CC3)CC2)C1. The minimum Gasteiger partial charge on any atom is -0.338 e. The predicted octanol–water partition coefficient (Wildman–Crippen LogP) is 4.20. The molecule has 2 N–H and O–H groups in total. The molecule has 1 aromatic heterocycles. The van der Waals surface area contributed by atoms with Gasteiger partial charge in [-0.1, -0.05) is 18.2 Å². The van der Waals surface area contributed by atoms with Crippen LogP contribution in [-0.2, 0) is 6.18 Å². The summed E-state index contributed by atoms with van der Waals surface area (Å²) in [6, 6.07) is 5.90. The summed E-state index contributed by atoms with van der Waals surface area (Å²) in [6.07, 6.45) is 2.09. The van der Waals surface area contributed by atoms with Gasteiger partial charge in [0.25, 0.3) is 5.91 Å². The summed E-state index contributed by atoms with van der Waals surface area (Å²) in [5.41, 5.74) is 7.15. The van der Waals surface area contributed by atoms with E-state index in [2.05, 4.69) is 5.10 Å². The van der Waals surface area contributed by atoms with Crippen molar-refractivity contribution in [3.05, 3.63) is 52.8 Å². The molecule has 0 bridgehead atoms. The van der Waals surface area contributed by atoms with Crippen molar-refractivity contribution in [1.29, 1.82) is 0 Å². The lowest BCUT2D eigenvalue weighted by Gasteiger charge is -2.35. The Bertz CT molecular complexity index is 1230. The lowest BCUT2D eigenvalue weighted by Crippen LogP contribution is -2.46. The Morgan fingerprint density at radius 1 is 0.846 bits per heavy atom. The van der Waals surface area contributed by atoms with Gasteiger partial charge in [0.1, 0.15) is 0 Å². The van der Waals surface area contributed by atoms with E-state index in [1.165, 1.54) is 12.1 Å². The molecule has 3 amide bonds. The molecule has 2 aromatic rings. The number of benzene rings is 1. The number of urea groups is 1. The average Bonchev–Trinajstić information content (AvgIpc) is 3.30. The fraction of sp³-hybridized carbons (Fsp3) is 0.607. The number of carbonyl (C=O) groups excluding carboxylic acids is 2. The normalized spacial score (nSPS) is 24.6. The predicted molar refractivity (Wildman–Crippen MR) is 138 cm³/mol. The van der Waals surface area contributed by atoms with Crippen molar-refractivity contribution in [2.45, 2.75) is 68.6 Å². The van der Waals surface area contributed by atoms with Gasteiger partial charge in [-0.2, -0.15) is 18.3 Å². The number of alkyl halides is 3. The number of nitrogens with two attached hydrogens (primary N) is 1. The van der Waals surface area contributed by atoms with Crippen molar-refractivity contribution >= 4 is 11.9 Å². The Morgan fingerprint density at radius 2 is 1.54 bits per heavy atom. The van der Waals surface area contributed by atoms with E-state index >= 15 is 0 Å². The molecule has 0 radical (unpaired) electrons. The summed E-state index contributed by atoms with van der Waals surface area (Å²) < 4.78 is 42.8. The van der Waals surface area contributed by atoms with E-state index in [4.69, 9.17) is 5.73 Å². The smallest absolute Gasteiger partial charge is 0.338 e. The molecule has 3 saturated heterocycles. The first-order chi connectivity index (χ1) is 18.7. The Labute approximate surface area is 225 Å². The van der Waals surface area contributed by atoms with Crippen LogP contribution < -0.4 is 5.73 Å². The van der Waals surface area contributed by atoms with E-state index in [0.29, 0.717) is 44.7 Å². The summed E-state index contributed by atoms with van der Waals surface area (Å²) in [6.45, 7) is 3.27.